The van der Waals surface area contributed by atoms with Crippen molar-refractivity contribution >= 4 is 27.0 Å². The zero-order valence-electron chi connectivity index (χ0n) is 11.0. The van der Waals surface area contributed by atoms with Gasteiger partial charge in [0.2, 0.25) is 0 Å². The first-order valence-electron chi connectivity index (χ1n) is 5.82. The minimum absolute atomic E-state index is 0.107. The monoisotopic (exact) mass is 315 g/mol. The van der Waals surface area contributed by atoms with Crippen molar-refractivity contribution in [3.8, 4) is 0 Å². The Bertz CT molecular complexity index is 738. The Morgan fingerprint density at radius 2 is 2.00 bits per heavy atom. The summed E-state index contributed by atoms with van der Waals surface area (Å²) < 4.78 is 40.2. The van der Waals surface area contributed by atoms with Gasteiger partial charge in [-0.25, -0.2) is 12.8 Å². The van der Waals surface area contributed by atoms with Gasteiger partial charge in [-0.1, -0.05) is 6.07 Å². The first kappa shape index (κ1) is 15.0. The van der Waals surface area contributed by atoms with E-state index in [-0.39, 0.29) is 17.2 Å². The minimum Gasteiger partial charge on any atom is -0.391 e. The van der Waals surface area contributed by atoms with Gasteiger partial charge in [-0.15, -0.1) is 11.3 Å². The standard InChI is InChI=1S/C13H14FNO3S2/c1-8-3-4-10(14)5-12(8)15-20(17,18)13-6-11(7-16)19-9(13)2/h3-6,15-16H,7H2,1-2H3. The van der Waals surface area contributed by atoms with E-state index in [2.05, 4.69) is 4.72 Å². The smallest absolute Gasteiger partial charge is 0.263 e. The predicted octanol–water partition coefficient (Wildman–Crippen LogP) is 2.80. The highest BCUT2D eigenvalue weighted by molar-refractivity contribution is 7.93. The van der Waals surface area contributed by atoms with Crippen LogP contribution in [0.15, 0.2) is 29.2 Å². The van der Waals surface area contributed by atoms with Gasteiger partial charge in [0.15, 0.2) is 0 Å². The molecule has 0 radical (unpaired) electrons. The SMILES string of the molecule is Cc1ccc(F)cc1NS(=O)(=O)c1cc(CO)sc1C. The number of aliphatic hydroxyl groups excluding tert-OH is 1. The number of benzene rings is 1. The number of aliphatic hydroxyl groups is 1. The third kappa shape index (κ3) is 3.00. The Balaban J connectivity index is 2.40. The molecule has 0 fully saturated rings. The van der Waals surface area contributed by atoms with Crippen molar-refractivity contribution in [3.63, 3.8) is 0 Å². The van der Waals surface area contributed by atoms with Crippen LogP contribution in [-0.2, 0) is 16.6 Å². The summed E-state index contributed by atoms with van der Waals surface area (Å²) in [6.45, 7) is 3.15. The topological polar surface area (TPSA) is 66.4 Å². The van der Waals surface area contributed by atoms with Crippen LogP contribution in [0.1, 0.15) is 15.3 Å². The minimum atomic E-state index is -3.79. The van der Waals surface area contributed by atoms with Crippen molar-refractivity contribution in [2.45, 2.75) is 25.3 Å². The maximum absolute atomic E-state index is 13.2. The van der Waals surface area contributed by atoms with Crippen LogP contribution in [0.2, 0.25) is 0 Å². The van der Waals surface area contributed by atoms with E-state index in [9.17, 15) is 12.8 Å². The predicted molar refractivity (Wildman–Crippen MR) is 76.9 cm³/mol. The summed E-state index contributed by atoms with van der Waals surface area (Å²) in [6, 6.07) is 5.35. The van der Waals surface area contributed by atoms with Crippen LogP contribution in [0.3, 0.4) is 0 Å². The van der Waals surface area contributed by atoms with Gasteiger partial charge in [0, 0.05) is 9.75 Å². The highest BCUT2D eigenvalue weighted by Gasteiger charge is 2.20. The molecule has 1 aromatic carbocycles. The number of nitrogens with one attached hydrogen (secondary N) is 1. The molecule has 0 unspecified atom stereocenters. The second-order valence-corrected chi connectivity index (χ2v) is 7.35. The molecule has 2 N–H and O–H groups in total. The highest BCUT2D eigenvalue weighted by atomic mass is 32.2. The van der Waals surface area contributed by atoms with E-state index in [0.717, 1.165) is 6.07 Å². The van der Waals surface area contributed by atoms with Crippen LogP contribution >= 0.6 is 11.3 Å². The number of hydrogen-bond donors (Lipinski definition) is 2. The van der Waals surface area contributed by atoms with Crippen molar-refractivity contribution in [1.29, 1.82) is 0 Å². The average molecular weight is 315 g/mol. The van der Waals surface area contributed by atoms with E-state index >= 15 is 0 Å². The number of anilines is 1. The molecule has 2 rings (SSSR count). The molecule has 4 nitrogen and oxygen atoms in total. The molecule has 20 heavy (non-hydrogen) atoms. The quantitative estimate of drug-likeness (QED) is 0.912. The Morgan fingerprint density at radius 3 is 2.60 bits per heavy atom. The van der Waals surface area contributed by atoms with Gasteiger partial charge in [0.1, 0.15) is 10.7 Å². The Labute approximate surface area is 120 Å². The Hall–Kier alpha value is -1.44. The Morgan fingerprint density at radius 1 is 1.30 bits per heavy atom. The lowest BCUT2D eigenvalue weighted by molar-refractivity contribution is 0.285. The maximum Gasteiger partial charge on any atom is 0.263 e. The van der Waals surface area contributed by atoms with Crippen molar-refractivity contribution < 1.29 is 17.9 Å². The molecular formula is C13H14FNO3S2. The van der Waals surface area contributed by atoms with Crippen molar-refractivity contribution in [2.75, 3.05) is 4.72 Å². The first-order valence-corrected chi connectivity index (χ1v) is 8.12. The van der Waals surface area contributed by atoms with E-state index in [1.807, 2.05) is 0 Å². The molecule has 0 bridgehead atoms. The zero-order valence-corrected chi connectivity index (χ0v) is 12.6. The second-order valence-electron chi connectivity index (χ2n) is 4.36. The number of aryl methyl sites for hydroxylation is 2. The summed E-state index contributed by atoms with van der Waals surface area (Å²) >= 11 is 1.22. The summed E-state index contributed by atoms with van der Waals surface area (Å²) in [4.78, 5) is 1.25. The molecule has 0 aliphatic rings. The largest absolute Gasteiger partial charge is 0.391 e. The molecule has 1 aromatic heterocycles. The van der Waals surface area contributed by atoms with Gasteiger partial charge in [0.25, 0.3) is 10.0 Å². The fourth-order valence-electron chi connectivity index (χ4n) is 1.77. The number of halogens is 1. The fourth-order valence-corrected chi connectivity index (χ4v) is 4.39. The molecule has 0 spiro atoms. The van der Waals surface area contributed by atoms with Gasteiger partial charge in [0.05, 0.1) is 12.3 Å². The summed E-state index contributed by atoms with van der Waals surface area (Å²) in [6.07, 6.45) is 0. The number of sulfonamides is 1. The lowest BCUT2D eigenvalue weighted by Crippen LogP contribution is -2.14. The van der Waals surface area contributed by atoms with E-state index in [1.165, 1.54) is 29.5 Å². The molecular weight excluding hydrogens is 301 g/mol. The molecule has 0 amide bonds. The molecule has 108 valence electrons. The summed E-state index contributed by atoms with van der Waals surface area (Å²) in [5, 5.41) is 9.06. The molecule has 1 heterocycles. The van der Waals surface area contributed by atoms with Gasteiger partial charge < -0.3 is 5.11 Å². The lowest BCUT2D eigenvalue weighted by atomic mass is 10.2. The van der Waals surface area contributed by atoms with E-state index in [1.54, 1.807) is 13.8 Å². The Kier molecular flexibility index (Phi) is 4.12. The third-order valence-electron chi connectivity index (χ3n) is 2.81. The molecule has 0 saturated carbocycles. The highest BCUT2D eigenvalue weighted by Crippen LogP contribution is 2.28. The molecule has 2 aromatic rings. The van der Waals surface area contributed by atoms with Crippen LogP contribution < -0.4 is 4.72 Å². The lowest BCUT2D eigenvalue weighted by Gasteiger charge is -2.10. The van der Waals surface area contributed by atoms with Gasteiger partial charge in [-0.05, 0) is 37.6 Å². The van der Waals surface area contributed by atoms with Crippen molar-refractivity contribution in [1.82, 2.24) is 0 Å². The molecule has 7 heteroatoms. The van der Waals surface area contributed by atoms with Gasteiger partial charge >= 0.3 is 0 Å². The maximum atomic E-state index is 13.2. The molecule has 0 aliphatic carbocycles. The van der Waals surface area contributed by atoms with Crippen LogP contribution in [0, 0.1) is 19.7 Å². The van der Waals surface area contributed by atoms with Crippen molar-refractivity contribution in [2.24, 2.45) is 0 Å². The summed E-state index contributed by atoms with van der Waals surface area (Å²) in [5.74, 6) is -0.508. The summed E-state index contributed by atoms with van der Waals surface area (Å²) in [5.41, 5.74) is 0.839. The van der Waals surface area contributed by atoms with E-state index in [0.29, 0.717) is 15.3 Å². The fraction of sp³-hybridized carbons (Fsp3) is 0.231. The van der Waals surface area contributed by atoms with Crippen LogP contribution in [-0.4, -0.2) is 13.5 Å². The van der Waals surface area contributed by atoms with Crippen LogP contribution in [0.25, 0.3) is 0 Å². The third-order valence-corrected chi connectivity index (χ3v) is 5.47. The van der Waals surface area contributed by atoms with Crippen LogP contribution in [0.4, 0.5) is 10.1 Å². The van der Waals surface area contributed by atoms with E-state index < -0.39 is 15.8 Å². The van der Waals surface area contributed by atoms with E-state index in [4.69, 9.17) is 5.11 Å². The molecule has 0 atom stereocenters. The van der Waals surface area contributed by atoms with Gasteiger partial charge in [-0.2, -0.15) is 0 Å². The first-order chi connectivity index (χ1) is 9.33. The summed E-state index contributed by atoms with van der Waals surface area (Å²) in [7, 11) is -3.79. The molecule has 0 aliphatic heterocycles. The number of hydrogen-bond acceptors (Lipinski definition) is 4. The zero-order chi connectivity index (χ0) is 14.9. The normalized spacial score (nSPS) is 11.6. The average Bonchev–Trinajstić information content (AvgIpc) is 2.76. The van der Waals surface area contributed by atoms with Crippen molar-refractivity contribution in [3.05, 3.63) is 45.4 Å². The van der Waals surface area contributed by atoms with Gasteiger partial charge in [-0.3, -0.25) is 4.72 Å². The van der Waals surface area contributed by atoms with Crippen LogP contribution in [0.5, 0.6) is 0 Å². The molecule has 0 saturated heterocycles. The second kappa shape index (κ2) is 5.51. The number of rotatable bonds is 4. The number of thiophene rings is 1.